The van der Waals surface area contributed by atoms with E-state index >= 15 is 0 Å². The molecule has 126 valence electrons. The molecule has 3 rings (SSSR count). The lowest BCUT2D eigenvalue weighted by atomic mass is 10.2. The van der Waals surface area contributed by atoms with Gasteiger partial charge in [-0.05, 0) is 23.8 Å². The lowest BCUT2D eigenvalue weighted by molar-refractivity contribution is -0.385. The third-order valence-corrected chi connectivity index (χ3v) is 3.40. The van der Waals surface area contributed by atoms with Crippen molar-refractivity contribution in [3.8, 4) is 0 Å². The highest BCUT2D eigenvalue weighted by atomic mass is 19.2. The second-order valence-corrected chi connectivity index (χ2v) is 5.06. The molecule has 0 amide bonds. The molecule has 0 unspecified atom stereocenters. The van der Waals surface area contributed by atoms with E-state index in [1.54, 1.807) is 4.90 Å². The molecule has 0 aliphatic rings. The van der Waals surface area contributed by atoms with Crippen LogP contribution in [0.2, 0.25) is 0 Å². The Morgan fingerprint density at radius 3 is 2.40 bits per heavy atom. The van der Waals surface area contributed by atoms with Gasteiger partial charge in [0.15, 0.2) is 11.6 Å². The topological polar surface area (TPSA) is 85.0 Å². The Kier molecular flexibility index (Phi) is 4.55. The summed E-state index contributed by atoms with van der Waals surface area (Å²) in [4.78, 5) is 23.8. The lowest BCUT2D eigenvalue weighted by Crippen LogP contribution is -2.18. The maximum absolute atomic E-state index is 13.5. The molecular weight excluding hydrogens is 332 g/mol. The fraction of sp³-hybridized carbons (Fsp3) is 0.0625. The summed E-state index contributed by atoms with van der Waals surface area (Å²) in [5, 5.41) is 10.8. The minimum atomic E-state index is -0.960. The molecule has 25 heavy (non-hydrogen) atoms. The van der Waals surface area contributed by atoms with Crippen molar-refractivity contribution < 1.29 is 13.7 Å². The van der Waals surface area contributed by atoms with Gasteiger partial charge in [-0.1, -0.05) is 6.07 Å². The van der Waals surface area contributed by atoms with Crippen molar-refractivity contribution in [1.29, 1.82) is 0 Å². The van der Waals surface area contributed by atoms with Crippen molar-refractivity contribution in [2.45, 2.75) is 6.54 Å². The Labute approximate surface area is 140 Å². The summed E-state index contributed by atoms with van der Waals surface area (Å²) in [6, 6.07) is 6.33. The van der Waals surface area contributed by atoms with Crippen molar-refractivity contribution in [3.05, 3.63) is 82.6 Å². The quantitative estimate of drug-likeness (QED) is 0.521. The normalized spacial score (nSPS) is 10.5. The monoisotopic (exact) mass is 343 g/mol. The molecule has 0 bridgehead atoms. The fourth-order valence-corrected chi connectivity index (χ4v) is 2.20. The van der Waals surface area contributed by atoms with Crippen molar-refractivity contribution in [1.82, 2.24) is 15.0 Å². The van der Waals surface area contributed by atoms with Gasteiger partial charge in [-0.15, -0.1) is 0 Å². The average molecular weight is 343 g/mol. The van der Waals surface area contributed by atoms with Gasteiger partial charge in [0.2, 0.25) is 0 Å². The minimum Gasteiger partial charge on any atom is -0.319 e. The SMILES string of the molecule is O=[N+]([O-])c1ccc(N(Cc2ccc(F)c(F)c2)c2cncnc2)nc1. The Hall–Kier alpha value is -3.49. The number of anilines is 2. The van der Waals surface area contributed by atoms with E-state index in [2.05, 4.69) is 15.0 Å². The molecule has 3 aromatic rings. The Morgan fingerprint density at radius 2 is 1.80 bits per heavy atom. The van der Waals surface area contributed by atoms with Gasteiger partial charge in [-0.2, -0.15) is 0 Å². The number of halogens is 2. The molecule has 0 aliphatic heterocycles. The zero-order chi connectivity index (χ0) is 17.8. The number of nitro groups is 1. The molecule has 0 spiro atoms. The third kappa shape index (κ3) is 3.71. The summed E-state index contributed by atoms with van der Waals surface area (Å²) in [5.41, 5.74) is 0.886. The van der Waals surface area contributed by atoms with Crippen LogP contribution in [0.1, 0.15) is 5.56 Å². The van der Waals surface area contributed by atoms with Gasteiger partial charge in [0, 0.05) is 12.6 Å². The zero-order valence-corrected chi connectivity index (χ0v) is 12.7. The number of hydrogen-bond acceptors (Lipinski definition) is 6. The van der Waals surface area contributed by atoms with Crippen LogP contribution in [0.5, 0.6) is 0 Å². The molecule has 0 aliphatic carbocycles. The van der Waals surface area contributed by atoms with Crippen LogP contribution in [-0.4, -0.2) is 19.9 Å². The molecule has 0 saturated heterocycles. The van der Waals surface area contributed by atoms with Crippen LogP contribution in [-0.2, 0) is 6.54 Å². The minimum absolute atomic E-state index is 0.148. The molecule has 7 nitrogen and oxygen atoms in total. The van der Waals surface area contributed by atoms with Crippen LogP contribution in [0, 0.1) is 21.7 Å². The first-order valence-electron chi connectivity index (χ1n) is 7.11. The molecule has 0 radical (unpaired) electrons. The Balaban J connectivity index is 1.97. The molecule has 0 N–H and O–H groups in total. The van der Waals surface area contributed by atoms with E-state index in [0.717, 1.165) is 18.3 Å². The van der Waals surface area contributed by atoms with Gasteiger partial charge < -0.3 is 4.90 Å². The van der Waals surface area contributed by atoms with E-state index in [-0.39, 0.29) is 12.2 Å². The average Bonchev–Trinajstić information content (AvgIpc) is 2.63. The number of benzene rings is 1. The summed E-state index contributed by atoms with van der Waals surface area (Å²) < 4.78 is 26.6. The standard InChI is InChI=1S/C16H11F2N5O2/c17-14-3-1-11(5-15(14)18)9-22(13-6-19-10-20-7-13)16-4-2-12(8-21-16)23(24)25/h1-8,10H,9H2. The Morgan fingerprint density at radius 1 is 1.04 bits per heavy atom. The second-order valence-electron chi connectivity index (χ2n) is 5.06. The van der Waals surface area contributed by atoms with Crippen molar-refractivity contribution in [2.24, 2.45) is 0 Å². The number of nitrogens with zero attached hydrogens (tertiary/aromatic N) is 5. The van der Waals surface area contributed by atoms with Gasteiger partial charge >= 0.3 is 0 Å². The number of hydrogen-bond donors (Lipinski definition) is 0. The van der Waals surface area contributed by atoms with Crippen LogP contribution in [0.15, 0.2) is 55.2 Å². The van der Waals surface area contributed by atoms with Crippen LogP contribution < -0.4 is 4.90 Å². The highest BCUT2D eigenvalue weighted by Gasteiger charge is 2.15. The van der Waals surface area contributed by atoms with Crippen LogP contribution >= 0.6 is 0 Å². The molecule has 2 heterocycles. The molecule has 1 aromatic carbocycles. The predicted octanol–water partition coefficient (Wildman–Crippen LogP) is 3.40. The van der Waals surface area contributed by atoms with Crippen LogP contribution in [0.3, 0.4) is 0 Å². The molecule has 2 aromatic heterocycles. The second kappa shape index (κ2) is 6.95. The molecule has 0 saturated carbocycles. The number of rotatable bonds is 5. The van der Waals surface area contributed by atoms with Crippen molar-refractivity contribution >= 4 is 17.2 Å². The van der Waals surface area contributed by atoms with E-state index in [1.165, 1.54) is 36.9 Å². The first-order valence-corrected chi connectivity index (χ1v) is 7.11. The summed E-state index contributed by atoms with van der Waals surface area (Å²) in [5.74, 6) is -1.52. The largest absolute Gasteiger partial charge is 0.319 e. The first kappa shape index (κ1) is 16.4. The Bertz CT molecular complexity index is 891. The number of pyridine rings is 1. The van der Waals surface area contributed by atoms with E-state index < -0.39 is 16.6 Å². The highest BCUT2D eigenvalue weighted by molar-refractivity contribution is 5.59. The summed E-state index contributed by atoms with van der Waals surface area (Å²) in [6.45, 7) is 0.148. The fourth-order valence-electron chi connectivity index (χ4n) is 2.20. The predicted molar refractivity (Wildman–Crippen MR) is 85.1 cm³/mol. The van der Waals surface area contributed by atoms with Crippen LogP contribution in [0.25, 0.3) is 0 Å². The maximum atomic E-state index is 13.5. The van der Waals surface area contributed by atoms with Crippen LogP contribution in [0.4, 0.5) is 26.0 Å². The molecule has 9 heteroatoms. The van der Waals surface area contributed by atoms with E-state index in [9.17, 15) is 18.9 Å². The van der Waals surface area contributed by atoms with Crippen molar-refractivity contribution in [2.75, 3.05) is 4.90 Å². The van der Waals surface area contributed by atoms with E-state index in [1.807, 2.05) is 0 Å². The van der Waals surface area contributed by atoms with E-state index in [4.69, 9.17) is 0 Å². The van der Waals surface area contributed by atoms with Gasteiger partial charge in [0.05, 0.1) is 23.0 Å². The van der Waals surface area contributed by atoms with Gasteiger partial charge in [-0.3, -0.25) is 10.1 Å². The smallest absolute Gasteiger partial charge is 0.287 e. The number of aromatic nitrogens is 3. The van der Waals surface area contributed by atoms with Gasteiger partial charge in [0.1, 0.15) is 18.3 Å². The third-order valence-electron chi connectivity index (χ3n) is 3.40. The summed E-state index contributed by atoms with van der Waals surface area (Å²) in [7, 11) is 0. The first-order chi connectivity index (χ1) is 12.0. The molecular formula is C16H11F2N5O2. The molecule has 0 fully saturated rings. The zero-order valence-electron chi connectivity index (χ0n) is 12.7. The van der Waals surface area contributed by atoms with Crippen molar-refractivity contribution in [3.63, 3.8) is 0 Å². The molecule has 0 atom stereocenters. The highest BCUT2D eigenvalue weighted by Crippen LogP contribution is 2.26. The maximum Gasteiger partial charge on any atom is 0.287 e. The summed E-state index contributed by atoms with van der Waals surface area (Å²) >= 11 is 0. The van der Waals surface area contributed by atoms with Gasteiger partial charge in [-0.25, -0.2) is 23.7 Å². The van der Waals surface area contributed by atoms with E-state index in [0.29, 0.717) is 17.1 Å². The van der Waals surface area contributed by atoms with Gasteiger partial charge in [0.25, 0.3) is 5.69 Å². The summed E-state index contributed by atoms with van der Waals surface area (Å²) in [6.07, 6.45) is 5.52. The lowest BCUT2D eigenvalue weighted by Gasteiger charge is -2.23.